The zero-order valence-electron chi connectivity index (χ0n) is 20.1. The number of carbonyl (C=O) groups is 3. The molecular formula is C26H29ClN4O3. The summed E-state index contributed by atoms with van der Waals surface area (Å²) in [5.41, 5.74) is 1.75. The van der Waals surface area contributed by atoms with Gasteiger partial charge >= 0.3 is 6.03 Å². The van der Waals surface area contributed by atoms with Crippen molar-refractivity contribution in [1.29, 1.82) is 5.26 Å². The molecule has 1 atom stereocenters. The van der Waals surface area contributed by atoms with Gasteiger partial charge in [-0.3, -0.25) is 14.5 Å². The van der Waals surface area contributed by atoms with E-state index in [1.54, 1.807) is 25.1 Å². The fourth-order valence-corrected chi connectivity index (χ4v) is 4.03. The normalized spacial score (nSPS) is 18.0. The van der Waals surface area contributed by atoms with Gasteiger partial charge in [-0.15, -0.1) is 0 Å². The first-order valence-electron chi connectivity index (χ1n) is 11.1. The molecule has 34 heavy (non-hydrogen) atoms. The maximum atomic E-state index is 13.3. The largest absolute Gasteiger partial charge is 0.325 e. The monoisotopic (exact) mass is 480 g/mol. The number of nitrogens with zero attached hydrogens (tertiary/aromatic N) is 3. The summed E-state index contributed by atoms with van der Waals surface area (Å²) in [6.07, 6.45) is 0.103. The first kappa shape index (κ1) is 25.3. The van der Waals surface area contributed by atoms with Crippen LogP contribution in [0.25, 0.3) is 0 Å². The summed E-state index contributed by atoms with van der Waals surface area (Å²) >= 11 is 6.11. The van der Waals surface area contributed by atoms with Gasteiger partial charge in [-0.05, 0) is 54.2 Å². The number of hydrogen-bond acceptors (Lipinski definition) is 4. The van der Waals surface area contributed by atoms with Gasteiger partial charge in [-0.25, -0.2) is 4.79 Å². The zero-order chi connectivity index (χ0) is 25.3. The van der Waals surface area contributed by atoms with E-state index in [-0.39, 0.29) is 18.4 Å². The topological polar surface area (TPSA) is 93.5 Å². The molecule has 1 aliphatic heterocycles. The van der Waals surface area contributed by atoms with Gasteiger partial charge < -0.3 is 10.2 Å². The van der Waals surface area contributed by atoms with Crippen molar-refractivity contribution in [3.63, 3.8) is 0 Å². The van der Waals surface area contributed by atoms with E-state index in [0.29, 0.717) is 16.3 Å². The lowest BCUT2D eigenvalue weighted by Gasteiger charge is -2.26. The Kier molecular flexibility index (Phi) is 7.04. The van der Waals surface area contributed by atoms with Crippen molar-refractivity contribution in [3.05, 3.63) is 64.2 Å². The Morgan fingerprint density at radius 3 is 2.38 bits per heavy atom. The first-order valence-corrected chi connectivity index (χ1v) is 11.4. The summed E-state index contributed by atoms with van der Waals surface area (Å²) in [4.78, 5) is 41.6. The molecule has 1 saturated heterocycles. The number of hydrogen-bond donors (Lipinski definition) is 1. The predicted octanol–water partition coefficient (Wildman–Crippen LogP) is 4.66. The number of halogens is 1. The number of amides is 4. The van der Waals surface area contributed by atoms with E-state index >= 15 is 0 Å². The van der Waals surface area contributed by atoms with Crippen LogP contribution >= 0.6 is 11.6 Å². The number of carbonyl (C=O) groups excluding carboxylic acids is 3. The van der Waals surface area contributed by atoms with Crippen molar-refractivity contribution in [2.75, 3.05) is 18.0 Å². The molecule has 0 radical (unpaired) electrons. The quantitative estimate of drug-likeness (QED) is 0.608. The van der Waals surface area contributed by atoms with Crippen molar-refractivity contribution < 1.29 is 14.4 Å². The molecule has 2 aromatic carbocycles. The van der Waals surface area contributed by atoms with Crippen molar-refractivity contribution >= 4 is 35.1 Å². The maximum Gasteiger partial charge on any atom is 0.325 e. The van der Waals surface area contributed by atoms with Crippen LogP contribution in [0.5, 0.6) is 0 Å². The third-order valence-corrected chi connectivity index (χ3v) is 6.52. The van der Waals surface area contributed by atoms with Crippen LogP contribution < -0.4 is 10.2 Å². The lowest BCUT2D eigenvalue weighted by Crippen LogP contribution is -2.45. The second kappa shape index (κ2) is 9.47. The summed E-state index contributed by atoms with van der Waals surface area (Å²) in [6.45, 7) is 9.44. The zero-order valence-corrected chi connectivity index (χ0v) is 20.9. The third-order valence-electron chi connectivity index (χ3n) is 6.10. The molecule has 1 aliphatic rings. The standard InChI is InChI=1S/C26H29ClN4O3/c1-17-15-20(11-12-21(17)27)30(14-6-13-28)22(32)16-31-23(33)26(5,29-24(31)34)19-9-7-18(8-10-19)25(2,3)4/h7-12,15H,6,14,16H2,1-5H3,(H,29,34). The minimum absolute atomic E-state index is 0.0479. The van der Waals surface area contributed by atoms with Crippen LogP contribution in [0.2, 0.25) is 5.02 Å². The van der Waals surface area contributed by atoms with E-state index in [0.717, 1.165) is 16.0 Å². The minimum Gasteiger partial charge on any atom is -0.319 e. The lowest BCUT2D eigenvalue weighted by atomic mass is 9.84. The molecule has 8 heteroatoms. The van der Waals surface area contributed by atoms with Gasteiger partial charge in [0.05, 0.1) is 12.5 Å². The third kappa shape index (κ3) is 4.92. The Balaban J connectivity index is 1.84. The SMILES string of the molecule is Cc1cc(N(CCC#N)C(=O)CN2C(=O)NC(C)(c3ccc(C(C)(C)C)cc3)C2=O)ccc1Cl. The fraction of sp³-hybridized carbons (Fsp3) is 0.385. The van der Waals surface area contributed by atoms with Crippen LogP contribution in [0.1, 0.15) is 50.8 Å². The summed E-state index contributed by atoms with van der Waals surface area (Å²) in [5.74, 6) is -0.963. The fourth-order valence-electron chi connectivity index (χ4n) is 3.92. The van der Waals surface area contributed by atoms with Crippen LogP contribution in [0.3, 0.4) is 0 Å². The molecule has 1 fully saturated rings. The van der Waals surface area contributed by atoms with Gasteiger partial charge in [0.2, 0.25) is 5.91 Å². The highest BCUT2D eigenvalue weighted by atomic mass is 35.5. The maximum absolute atomic E-state index is 13.3. The number of anilines is 1. The molecule has 0 aliphatic carbocycles. The highest BCUT2D eigenvalue weighted by Crippen LogP contribution is 2.31. The highest BCUT2D eigenvalue weighted by molar-refractivity contribution is 6.31. The van der Waals surface area contributed by atoms with Crippen molar-refractivity contribution in [2.45, 2.75) is 52.0 Å². The lowest BCUT2D eigenvalue weighted by molar-refractivity contribution is -0.134. The molecule has 1 unspecified atom stereocenters. The van der Waals surface area contributed by atoms with Gasteiger partial charge in [0, 0.05) is 17.3 Å². The Bertz CT molecular complexity index is 1160. The molecular weight excluding hydrogens is 452 g/mol. The number of nitrogens with one attached hydrogen (secondary N) is 1. The van der Waals surface area contributed by atoms with Crippen LogP contribution in [0.15, 0.2) is 42.5 Å². The van der Waals surface area contributed by atoms with Crippen LogP contribution in [0.4, 0.5) is 10.5 Å². The summed E-state index contributed by atoms with van der Waals surface area (Å²) in [7, 11) is 0. The smallest absolute Gasteiger partial charge is 0.319 e. The van der Waals surface area contributed by atoms with E-state index in [1.807, 2.05) is 37.3 Å². The van der Waals surface area contributed by atoms with Gasteiger partial charge in [0.1, 0.15) is 12.1 Å². The number of imide groups is 1. The second-order valence-corrected chi connectivity index (χ2v) is 10.1. The Labute approximate surface area is 205 Å². The van der Waals surface area contributed by atoms with E-state index in [4.69, 9.17) is 16.9 Å². The number of aryl methyl sites for hydroxylation is 1. The molecule has 178 valence electrons. The van der Waals surface area contributed by atoms with Gasteiger partial charge in [0.15, 0.2) is 0 Å². The van der Waals surface area contributed by atoms with Crippen molar-refractivity contribution in [3.8, 4) is 6.07 Å². The number of urea groups is 1. The summed E-state index contributed by atoms with van der Waals surface area (Å²) in [5, 5.41) is 12.3. The van der Waals surface area contributed by atoms with Gasteiger partial charge in [-0.1, -0.05) is 56.6 Å². The Hall–Kier alpha value is -3.37. The predicted molar refractivity (Wildman–Crippen MR) is 132 cm³/mol. The van der Waals surface area contributed by atoms with E-state index in [2.05, 4.69) is 26.1 Å². The highest BCUT2D eigenvalue weighted by Gasteiger charge is 2.49. The molecule has 4 amide bonds. The van der Waals surface area contributed by atoms with Gasteiger partial charge in [0.25, 0.3) is 5.91 Å². The van der Waals surface area contributed by atoms with Crippen molar-refractivity contribution in [2.24, 2.45) is 0 Å². The number of rotatable bonds is 6. The number of nitriles is 1. The summed E-state index contributed by atoms with van der Waals surface area (Å²) in [6, 6.07) is 14.0. The van der Waals surface area contributed by atoms with Crippen molar-refractivity contribution in [1.82, 2.24) is 10.2 Å². The molecule has 1 heterocycles. The van der Waals surface area contributed by atoms with E-state index in [1.165, 1.54) is 4.90 Å². The first-order chi connectivity index (χ1) is 15.9. The van der Waals surface area contributed by atoms with Crippen LogP contribution in [0, 0.1) is 18.3 Å². The molecule has 1 N–H and O–H groups in total. The second-order valence-electron chi connectivity index (χ2n) is 9.66. The molecule has 0 aromatic heterocycles. The van der Waals surface area contributed by atoms with Crippen LogP contribution in [-0.4, -0.2) is 35.8 Å². The molecule has 7 nitrogen and oxygen atoms in total. The average molecular weight is 481 g/mol. The molecule has 0 bridgehead atoms. The molecule has 3 rings (SSSR count). The molecule has 2 aromatic rings. The summed E-state index contributed by atoms with van der Waals surface area (Å²) < 4.78 is 0. The van der Waals surface area contributed by atoms with Gasteiger partial charge in [-0.2, -0.15) is 5.26 Å². The molecule has 0 spiro atoms. The Morgan fingerprint density at radius 1 is 1.18 bits per heavy atom. The average Bonchev–Trinajstić information content (AvgIpc) is 2.99. The van der Waals surface area contributed by atoms with Crippen LogP contribution in [-0.2, 0) is 20.5 Å². The Morgan fingerprint density at radius 2 is 1.82 bits per heavy atom. The van der Waals surface area contributed by atoms with E-state index < -0.39 is 29.9 Å². The van der Waals surface area contributed by atoms with E-state index in [9.17, 15) is 14.4 Å². The molecule has 0 saturated carbocycles. The minimum atomic E-state index is -1.28. The number of benzene rings is 2.